The average molecular weight is 843 g/mol. The molecule has 0 saturated heterocycles. The maximum Gasteiger partial charge on any atom is 0.335 e. The number of ether oxygens (including phenoxy) is 2. The molecular weight excluding hydrogens is 791 g/mol. The minimum absolute atomic E-state index is 0.116. The first kappa shape index (κ1) is 39.6. The lowest BCUT2D eigenvalue weighted by Crippen LogP contribution is -2.40. The fourth-order valence-electron chi connectivity index (χ4n) is 7.19. The highest BCUT2D eigenvalue weighted by atomic mass is 127. The number of nitrogens with zero attached hydrogens (tertiary/aromatic N) is 2. The number of carbonyl (C=O) groups is 1. The summed E-state index contributed by atoms with van der Waals surface area (Å²) in [6.07, 6.45) is 7.01. The molecule has 9 heteroatoms. The Labute approximate surface area is 331 Å². The number of hydrogen-bond donors (Lipinski definition) is 1. The molecule has 0 amide bonds. The number of aromatic nitrogens is 2. The third-order valence-corrected chi connectivity index (χ3v) is 11.0. The predicted octanol–water partition coefficient (Wildman–Crippen LogP) is 11.8. The van der Waals surface area contributed by atoms with Gasteiger partial charge in [0.2, 0.25) is 11.8 Å². The van der Waals surface area contributed by atoms with E-state index in [9.17, 15) is 9.90 Å². The lowest BCUT2D eigenvalue weighted by atomic mass is 9.87. The molecule has 1 N–H and O–H groups in total. The van der Waals surface area contributed by atoms with Crippen molar-refractivity contribution < 1.29 is 28.2 Å². The molecule has 0 radical (unpaired) electrons. The van der Waals surface area contributed by atoms with Crippen molar-refractivity contribution in [1.82, 2.24) is 9.97 Å². The number of hydrogen-bond acceptors (Lipinski definition) is 7. The lowest BCUT2D eigenvalue weighted by Gasteiger charge is -2.32. The van der Waals surface area contributed by atoms with Gasteiger partial charge in [-0.1, -0.05) is 117 Å². The SMILES string of the molecule is CCCC(C)(OC[C@@H]1CCC[C@H](OCc2nc(-c3ccc4ccccc4c3)oc2CC)C1)C(=O)O.CCc1oc(-c2ccc3ccccc3c2)nc1CI. The number of aliphatic carboxylic acids is 1. The van der Waals surface area contributed by atoms with Gasteiger partial charge >= 0.3 is 5.97 Å². The molecule has 284 valence electrons. The minimum atomic E-state index is -1.11. The van der Waals surface area contributed by atoms with Crippen LogP contribution in [0, 0.1) is 5.92 Å². The summed E-state index contributed by atoms with van der Waals surface area (Å²) in [4.78, 5) is 21.1. The zero-order valence-electron chi connectivity index (χ0n) is 31.8. The molecule has 4 aromatic carbocycles. The lowest BCUT2D eigenvalue weighted by molar-refractivity contribution is -0.167. The summed E-state index contributed by atoms with van der Waals surface area (Å²) in [5.74, 6) is 2.64. The second-order valence-corrected chi connectivity index (χ2v) is 15.1. The van der Waals surface area contributed by atoms with E-state index in [0.29, 0.717) is 31.4 Å². The van der Waals surface area contributed by atoms with Gasteiger partial charge in [-0.2, -0.15) is 0 Å². The number of benzene rings is 4. The highest BCUT2D eigenvalue weighted by molar-refractivity contribution is 14.1. The highest BCUT2D eigenvalue weighted by Gasteiger charge is 2.35. The van der Waals surface area contributed by atoms with Crippen LogP contribution in [0.2, 0.25) is 0 Å². The van der Waals surface area contributed by atoms with Crippen molar-refractivity contribution in [3.05, 3.63) is 108 Å². The third-order valence-electron chi connectivity index (χ3n) is 10.3. The molecule has 0 bridgehead atoms. The van der Waals surface area contributed by atoms with Crippen molar-refractivity contribution in [2.24, 2.45) is 5.92 Å². The number of halogens is 1. The van der Waals surface area contributed by atoms with Gasteiger partial charge < -0.3 is 23.4 Å². The first-order valence-electron chi connectivity index (χ1n) is 19.2. The Kier molecular flexibility index (Phi) is 13.6. The number of carboxylic acid groups (broad SMARTS) is 1. The van der Waals surface area contributed by atoms with Crippen molar-refractivity contribution in [1.29, 1.82) is 0 Å². The van der Waals surface area contributed by atoms with Crippen LogP contribution in [0.5, 0.6) is 0 Å². The fourth-order valence-corrected chi connectivity index (χ4v) is 7.78. The summed E-state index contributed by atoms with van der Waals surface area (Å²) in [5, 5.41) is 14.4. The van der Waals surface area contributed by atoms with E-state index in [4.69, 9.17) is 23.3 Å². The molecule has 8 nitrogen and oxygen atoms in total. The van der Waals surface area contributed by atoms with Crippen molar-refractivity contribution in [2.45, 2.75) is 102 Å². The molecule has 54 heavy (non-hydrogen) atoms. The quantitative estimate of drug-likeness (QED) is 0.0853. The van der Waals surface area contributed by atoms with Crippen LogP contribution in [0.15, 0.2) is 93.8 Å². The first-order chi connectivity index (χ1) is 26.2. The molecule has 3 atom stereocenters. The monoisotopic (exact) mass is 842 g/mol. The molecule has 0 aliphatic heterocycles. The molecule has 1 unspecified atom stereocenters. The number of oxazole rings is 2. The summed E-state index contributed by atoms with van der Waals surface area (Å²) in [5.41, 5.74) is 2.82. The third kappa shape index (κ3) is 9.59. The van der Waals surface area contributed by atoms with Crippen molar-refractivity contribution in [2.75, 3.05) is 6.61 Å². The van der Waals surface area contributed by atoms with Crippen LogP contribution in [0.1, 0.15) is 89.1 Å². The molecular formula is C45H51IN2O6. The molecule has 1 fully saturated rings. The van der Waals surface area contributed by atoms with E-state index in [1.54, 1.807) is 6.92 Å². The Bertz CT molecular complexity index is 2140. The van der Waals surface area contributed by atoms with Gasteiger partial charge in [0.25, 0.3) is 0 Å². The normalized spacial score (nSPS) is 16.9. The van der Waals surface area contributed by atoms with Crippen LogP contribution in [-0.2, 0) is 38.1 Å². The van der Waals surface area contributed by atoms with E-state index in [1.165, 1.54) is 16.2 Å². The second kappa shape index (κ2) is 18.5. The van der Waals surface area contributed by atoms with E-state index in [-0.39, 0.29) is 6.10 Å². The van der Waals surface area contributed by atoms with E-state index >= 15 is 0 Å². The first-order valence-corrected chi connectivity index (χ1v) is 20.8. The number of rotatable bonds is 14. The Morgan fingerprint density at radius 3 is 1.89 bits per heavy atom. The van der Waals surface area contributed by atoms with Gasteiger partial charge in [0, 0.05) is 28.4 Å². The fraction of sp³-hybridized carbons (Fsp3) is 0.400. The number of aryl methyl sites for hydroxylation is 2. The summed E-state index contributed by atoms with van der Waals surface area (Å²) < 4.78 is 25.1. The Morgan fingerprint density at radius 2 is 1.37 bits per heavy atom. The van der Waals surface area contributed by atoms with Gasteiger partial charge in [-0.25, -0.2) is 14.8 Å². The molecule has 1 aliphatic carbocycles. The summed E-state index contributed by atoms with van der Waals surface area (Å²) in [6, 6.07) is 29.2. The van der Waals surface area contributed by atoms with Gasteiger partial charge in [-0.05, 0) is 84.3 Å². The van der Waals surface area contributed by atoms with E-state index in [2.05, 4.69) is 108 Å². The maximum absolute atomic E-state index is 11.7. The molecule has 7 rings (SSSR count). The van der Waals surface area contributed by atoms with E-state index in [0.717, 1.165) is 94.7 Å². The van der Waals surface area contributed by atoms with Crippen molar-refractivity contribution in [3.8, 4) is 22.9 Å². The molecule has 0 spiro atoms. The van der Waals surface area contributed by atoms with Crippen LogP contribution >= 0.6 is 22.6 Å². The van der Waals surface area contributed by atoms with Gasteiger partial charge in [-0.15, -0.1) is 0 Å². The predicted molar refractivity (Wildman–Crippen MR) is 223 cm³/mol. The van der Waals surface area contributed by atoms with Gasteiger partial charge in [-0.3, -0.25) is 0 Å². The van der Waals surface area contributed by atoms with Crippen molar-refractivity contribution >= 4 is 50.1 Å². The molecule has 2 heterocycles. The summed E-state index contributed by atoms with van der Waals surface area (Å²) in [6.45, 7) is 8.70. The Morgan fingerprint density at radius 1 is 0.815 bits per heavy atom. The van der Waals surface area contributed by atoms with E-state index in [1.807, 2.05) is 25.1 Å². The number of alkyl halides is 1. The Hall–Kier alpha value is -4.06. The maximum atomic E-state index is 11.7. The van der Waals surface area contributed by atoms with E-state index < -0.39 is 11.6 Å². The van der Waals surface area contributed by atoms with Gasteiger partial charge in [0.15, 0.2) is 5.60 Å². The average Bonchev–Trinajstić information content (AvgIpc) is 3.84. The topological polar surface area (TPSA) is 108 Å². The number of fused-ring (bicyclic) bond motifs is 2. The van der Waals surface area contributed by atoms with Crippen LogP contribution < -0.4 is 0 Å². The van der Waals surface area contributed by atoms with Crippen LogP contribution in [-0.4, -0.2) is 39.4 Å². The highest BCUT2D eigenvalue weighted by Crippen LogP contribution is 2.32. The minimum Gasteiger partial charge on any atom is -0.479 e. The summed E-state index contributed by atoms with van der Waals surface area (Å²) >= 11 is 2.33. The number of carboxylic acids is 1. The second-order valence-electron chi connectivity index (χ2n) is 14.3. The standard InChI is InChI=1S/C29H37NO5.C16H14INO/c1-4-15-29(3,28(31)32)34-18-20-9-8-12-24(16-20)33-19-25-26(5-2)35-27(30-25)23-14-13-21-10-6-7-11-22(21)17-23;1-2-15-14(10-17)18-16(19-15)13-8-7-11-5-3-4-6-12(11)9-13/h6-7,10-11,13-14,17,20,24H,4-5,8-9,12,15-16,18-19H2,1-3H3,(H,31,32);3-9H,2,10H2,1H3/t20-,24+,29?;/m1./s1. The zero-order valence-corrected chi connectivity index (χ0v) is 33.9. The zero-order chi connectivity index (χ0) is 38.1. The smallest absolute Gasteiger partial charge is 0.335 e. The van der Waals surface area contributed by atoms with Gasteiger partial charge in [0.05, 0.1) is 25.0 Å². The molecule has 1 aliphatic rings. The molecule has 6 aromatic rings. The van der Waals surface area contributed by atoms with Gasteiger partial charge in [0.1, 0.15) is 17.2 Å². The molecule has 1 saturated carbocycles. The molecule has 2 aromatic heterocycles. The Balaban J connectivity index is 0.000000219. The van der Waals surface area contributed by atoms with Crippen LogP contribution in [0.4, 0.5) is 0 Å². The van der Waals surface area contributed by atoms with Crippen LogP contribution in [0.25, 0.3) is 44.5 Å². The van der Waals surface area contributed by atoms with Crippen LogP contribution in [0.3, 0.4) is 0 Å². The summed E-state index contributed by atoms with van der Waals surface area (Å²) in [7, 11) is 0. The van der Waals surface area contributed by atoms with Crippen molar-refractivity contribution in [3.63, 3.8) is 0 Å². The largest absolute Gasteiger partial charge is 0.479 e.